The summed E-state index contributed by atoms with van der Waals surface area (Å²) in [6, 6.07) is -0.0347. The molecule has 1 rings (SSSR count). The van der Waals surface area contributed by atoms with Crippen LogP contribution in [0, 0.1) is 19.3 Å². The Hall–Kier alpha value is -0.850. The second-order valence-corrected chi connectivity index (χ2v) is 3.20. The summed E-state index contributed by atoms with van der Waals surface area (Å²) >= 11 is 1.57. The van der Waals surface area contributed by atoms with Crippen molar-refractivity contribution >= 4 is 11.3 Å². The largest absolute Gasteiger partial charge is 0.322 e. The van der Waals surface area contributed by atoms with E-state index in [2.05, 4.69) is 10.9 Å². The van der Waals surface area contributed by atoms with Gasteiger partial charge >= 0.3 is 0 Å². The minimum Gasteiger partial charge on any atom is -0.322 e. The second-order valence-electron chi connectivity index (χ2n) is 2.32. The Labute approximate surface area is 70.5 Å². The van der Waals surface area contributed by atoms with Crippen LogP contribution in [0.5, 0.6) is 0 Å². The first kappa shape index (κ1) is 8.25. The summed E-state index contributed by atoms with van der Waals surface area (Å²) in [7, 11) is 0. The highest BCUT2D eigenvalue weighted by Gasteiger charge is 2.09. The van der Waals surface area contributed by atoms with Crippen LogP contribution in [0.4, 0.5) is 0 Å². The highest BCUT2D eigenvalue weighted by Crippen LogP contribution is 2.21. The van der Waals surface area contributed by atoms with Crippen LogP contribution < -0.4 is 5.73 Å². The van der Waals surface area contributed by atoms with Crippen LogP contribution in [0.25, 0.3) is 0 Å². The van der Waals surface area contributed by atoms with Crippen molar-refractivity contribution in [3.63, 3.8) is 0 Å². The van der Waals surface area contributed by atoms with E-state index in [0.29, 0.717) is 6.42 Å². The van der Waals surface area contributed by atoms with Crippen LogP contribution in [-0.2, 0) is 0 Å². The van der Waals surface area contributed by atoms with E-state index in [1.165, 1.54) is 0 Å². The lowest BCUT2D eigenvalue weighted by Gasteiger charge is -2.04. The van der Waals surface area contributed by atoms with Crippen molar-refractivity contribution in [1.29, 1.82) is 0 Å². The third-order valence-corrected chi connectivity index (χ3v) is 2.52. The Morgan fingerprint density at radius 3 is 3.09 bits per heavy atom. The molecular formula is C8H10N2S. The number of nitrogens with two attached hydrogens (primary N) is 1. The third-order valence-electron chi connectivity index (χ3n) is 1.46. The molecule has 2 nitrogen and oxygen atoms in total. The van der Waals surface area contributed by atoms with Crippen LogP contribution >= 0.6 is 11.3 Å². The van der Waals surface area contributed by atoms with Gasteiger partial charge in [0, 0.05) is 11.3 Å². The first-order valence-electron chi connectivity index (χ1n) is 3.34. The van der Waals surface area contributed by atoms with Gasteiger partial charge < -0.3 is 5.73 Å². The average molecular weight is 166 g/mol. The van der Waals surface area contributed by atoms with Gasteiger partial charge in [0.25, 0.3) is 0 Å². The SMILES string of the molecule is C#CCC(N)c1scnc1C. The summed E-state index contributed by atoms with van der Waals surface area (Å²) in [6.45, 7) is 1.95. The highest BCUT2D eigenvalue weighted by molar-refractivity contribution is 7.09. The van der Waals surface area contributed by atoms with E-state index in [1.807, 2.05) is 6.92 Å². The highest BCUT2D eigenvalue weighted by atomic mass is 32.1. The Balaban J connectivity index is 2.77. The maximum atomic E-state index is 5.78. The van der Waals surface area contributed by atoms with Gasteiger partial charge in [-0.25, -0.2) is 4.98 Å². The molecule has 0 spiro atoms. The molecule has 0 amide bonds. The van der Waals surface area contributed by atoms with Crippen LogP contribution in [-0.4, -0.2) is 4.98 Å². The number of hydrogen-bond acceptors (Lipinski definition) is 3. The predicted molar refractivity (Wildman–Crippen MR) is 47.2 cm³/mol. The Morgan fingerprint density at radius 1 is 1.91 bits per heavy atom. The van der Waals surface area contributed by atoms with Crippen molar-refractivity contribution in [2.75, 3.05) is 0 Å². The topological polar surface area (TPSA) is 38.9 Å². The standard InChI is InChI=1S/C8H10N2S/c1-3-4-7(9)8-6(2)10-5-11-8/h1,5,7H,4,9H2,2H3. The molecule has 1 heterocycles. The van der Waals surface area contributed by atoms with Crippen LogP contribution in [0.2, 0.25) is 0 Å². The Morgan fingerprint density at radius 2 is 2.64 bits per heavy atom. The lowest BCUT2D eigenvalue weighted by Crippen LogP contribution is -2.08. The van der Waals surface area contributed by atoms with Gasteiger partial charge in [-0.3, -0.25) is 0 Å². The maximum Gasteiger partial charge on any atom is 0.0798 e. The van der Waals surface area contributed by atoms with Crippen molar-refractivity contribution in [2.45, 2.75) is 19.4 Å². The van der Waals surface area contributed by atoms with Gasteiger partial charge in [-0.05, 0) is 6.92 Å². The maximum absolute atomic E-state index is 5.78. The summed E-state index contributed by atoms with van der Waals surface area (Å²) < 4.78 is 0. The van der Waals surface area contributed by atoms with Crippen LogP contribution in [0.15, 0.2) is 5.51 Å². The predicted octanol–water partition coefficient (Wildman–Crippen LogP) is 1.47. The van der Waals surface area contributed by atoms with E-state index in [0.717, 1.165) is 10.6 Å². The molecule has 11 heavy (non-hydrogen) atoms. The summed E-state index contributed by atoms with van der Waals surface area (Å²) in [4.78, 5) is 5.19. The third kappa shape index (κ3) is 1.79. The molecule has 0 saturated carbocycles. The first-order chi connectivity index (χ1) is 5.25. The number of aryl methyl sites for hydroxylation is 1. The molecule has 58 valence electrons. The summed E-state index contributed by atoms with van der Waals surface area (Å²) in [5, 5.41) is 0. The number of nitrogens with zero attached hydrogens (tertiary/aromatic N) is 1. The lowest BCUT2D eigenvalue weighted by molar-refractivity contribution is 0.762. The zero-order valence-electron chi connectivity index (χ0n) is 6.37. The fraction of sp³-hybridized carbons (Fsp3) is 0.375. The normalized spacial score (nSPS) is 12.5. The van der Waals surface area contributed by atoms with Gasteiger partial charge in [0.1, 0.15) is 0 Å². The number of rotatable bonds is 2. The monoisotopic (exact) mass is 166 g/mol. The quantitative estimate of drug-likeness (QED) is 0.676. The van der Waals surface area contributed by atoms with Gasteiger partial charge in [0.15, 0.2) is 0 Å². The van der Waals surface area contributed by atoms with Gasteiger partial charge in [-0.1, -0.05) is 0 Å². The van der Waals surface area contributed by atoms with Crippen molar-refractivity contribution < 1.29 is 0 Å². The van der Waals surface area contributed by atoms with Crippen molar-refractivity contribution in [3.8, 4) is 12.3 Å². The fourth-order valence-electron chi connectivity index (χ4n) is 0.886. The van der Waals surface area contributed by atoms with Gasteiger partial charge in [-0.15, -0.1) is 23.7 Å². The molecule has 0 radical (unpaired) electrons. The van der Waals surface area contributed by atoms with E-state index in [9.17, 15) is 0 Å². The number of aromatic nitrogens is 1. The van der Waals surface area contributed by atoms with Crippen LogP contribution in [0.1, 0.15) is 23.0 Å². The molecule has 1 aromatic heterocycles. The lowest BCUT2D eigenvalue weighted by atomic mass is 10.2. The summed E-state index contributed by atoms with van der Waals surface area (Å²) in [5.41, 5.74) is 8.57. The minimum absolute atomic E-state index is 0.0347. The number of thiazole rings is 1. The molecule has 0 aliphatic rings. The average Bonchev–Trinajstić information content (AvgIpc) is 2.36. The van der Waals surface area contributed by atoms with Gasteiger partial charge in [0.2, 0.25) is 0 Å². The molecule has 0 aromatic carbocycles. The van der Waals surface area contributed by atoms with Gasteiger partial charge in [-0.2, -0.15) is 0 Å². The summed E-state index contributed by atoms with van der Waals surface area (Å²) in [6.07, 6.45) is 5.73. The van der Waals surface area contributed by atoms with E-state index < -0.39 is 0 Å². The molecular weight excluding hydrogens is 156 g/mol. The van der Waals surface area contributed by atoms with Crippen molar-refractivity contribution in [3.05, 3.63) is 16.1 Å². The molecule has 2 N–H and O–H groups in total. The van der Waals surface area contributed by atoms with E-state index in [4.69, 9.17) is 12.2 Å². The number of terminal acetylenes is 1. The van der Waals surface area contributed by atoms with E-state index >= 15 is 0 Å². The molecule has 0 fully saturated rings. The first-order valence-corrected chi connectivity index (χ1v) is 4.22. The Bertz CT molecular complexity index is 272. The zero-order valence-corrected chi connectivity index (χ0v) is 7.19. The smallest absolute Gasteiger partial charge is 0.0798 e. The van der Waals surface area contributed by atoms with E-state index in [1.54, 1.807) is 16.8 Å². The van der Waals surface area contributed by atoms with Crippen molar-refractivity contribution in [1.82, 2.24) is 4.98 Å². The molecule has 1 atom stereocenters. The van der Waals surface area contributed by atoms with Crippen LogP contribution in [0.3, 0.4) is 0 Å². The van der Waals surface area contributed by atoms with E-state index in [-0.39, 0.29) is 6.04 Å². The molecule has 3 heteroatoms. The molecule has 0 aliphatic heterocycles. The number of hydrogen-bond donors (Lipinski definition) is 1. The summed E-state index contributed by atoms with van der Waals surface area (Å²) in [5.74, 6) is 2.54. The molecule has 0 aliphatic carbocycles. The Kier molecular flexibility index (Phi) is 2.64. The molecule has 1 unspecified atom stereocenters. The van der Waals surface area contributed by atoms with Crippen molar-refractivity contribution in [2.24, 2.45) is 5.73 Å². The second kappa shape index (κ2) is 3.51. The minimum atomic E-state index is -0.0347. The molecule has 1 aromatic rings. The molecule has 0 bridgehead atoms. The molecule has 0 saturated heterocycles. The fourth-order valence-corrected chi connectivity index (χ4v) is 1.69. The zero-order chi connectivity index (χ0) is 8.27. The van der Waals surface area contributed by atoms with Gasteiger partial charge in [0.05, 0.1) is 17.2 Å².